The lowest BCUT2D eigenvalue weighted by molar-refractivity contribution is -0.0492. The Morgan fingerprint density at radius 3 is 2.38 bits per heavy atom. The minimum atomic E-state index is 0.434. The summed E-state index contributed by atoms with van der Waals surface area (Å²) in [6.07, 6.45) is 14.0. The lowest BCUT2D eigenvalue weighted by Crippen LogP contribution is -2.52. The van der Waals surface area contributed by atoms with Gasteiger partial charge in [0.05, 0.1) is 6.54 Å². The van der Waals surface area contributed by atoms with Gasteiger partial charge in [0.2, 0.25) is 5.96 Å². The van der Waals surface area contributed by atoms with Crippen molar-refractivity contribution >= 4 is 5.96 Å². The molecule has 2 N–H and O–H groups in total. The van der Waals surface area contributed by atoms with E-state index in [9.17, 15) is 0 Å². The van der Waals surface area contributed by atoms with Gasteiger partial charge in [0.25, 0.3) is 0 Å². The Morgan fingerprint density at radius 2 is 1.79 bits per heavy atom. The normalized spacial score (nSPS) is 34.0. The first-order valence-corrected chi connectivity index (χ1v) is 9.07. The number of nitriles is 1. The number of rotatable bonds is 4. The van der Waals surface area contributed by atoms with Crippen LogP contribution in [0.2, 0.25) is 0 Å². The summed E-state index contributed by atoms with van der Waals surface area (Å²) in [4.78, 5) is 8.56. The zero-order valence-electron chi connectivity index (χ0n) is 14.0. The number of hydrogen-bond donors (Lipinski definition) is 2. The van der Waals surface area contributed by atoms with Gasteiger partial charge < -0.3 is 5.32 Å². The average Bonchev–Trinajstić information content (AvgIpc) is 2.57. The number of aliphatic imine (C=N–C) groups is 1. The highest BCUT2D eigenvalue weighted by Crippen LogP contribution is 2.59. The van der Waals surface area contributed by atoms with E-state index < -0.39 is 0 Å². The molecule has 5 heteroatoms. The van der Waals surface area contributed by atoms with Crippen LogP contribution in [0.15, 0.2) is 29.5 Å². The van der Waals surface area contributed by atoms with E-state index in [0.29, 0.717) is 17.9 Å². The number of pyridine rings is 1. The van der Waals surface area contributed by atoms with E-state index in [0.717, 1.165) is 29.9 Å². The summed E-state index contributed by atoms with van der Waals surface area (Å²) in [6.45, 7) is 1.50. The van der Waals surface area contributed by atoms with Gasteiger partial charge in [-0.2, -0.15) is 5.26 Å². The van der Waals surface area contributed by atoms with Crippen molar-refractivity contribution in [2.45, 2.75) is 45.1 Å². The third kappa shape index (κ3) is 3.24. The smallest absolute Gasteiger partial charge is 0.205 e. The van der Waals surface area contributed by atoms with Gasteiger partial charge in [-0.25, -0.2) is 4.99 Å². The molecule has 126 valence electrons. The van der Waals surface area contributed by atoms with Gasteiger partial charge in [-0.05, 0) is 79.4 Å². The van der Waals surface area contributed by atoms with E-state index in [-0.39, 0.29) is 0 Å². The van der Waals surface area contributed by atoms with Crippen LogP contribution >= 0.6 is 0 Å². The molecule has 1 aromatic heterocycles. The Labute approximate surface area is 143 Å². The van der Waals surface area contributed by atoms with Crippen molar-refractivity contribution in [3.63, 3.8) is 0 Å². The van der Waals surface area contributed by atoms with Crippen LogP contribution in [-0.2, 0) is 6.54 Å². The SMILES string of the molecule is N#CNC(=NCc1ccncc1)NCC12CC3CC(CC(C3)C1)C2. The maximum absolute atomic E-state index is 9.00. The Balaban J connectivity index is 1.40. The van der Waals surface area contributed by atoms with Crippen LogP contribution in [0.4, 0.5) is 0 Å². The van der Waals surface area contributed by atoms with Crippen LogP contribution in [0.25, 0.3) is 0 Å². The van der Waals surface area contributed by atoms with E-state index in [2.05, 4.69) is 20.6 Å². The zero-order chi connectivity index (χ0) is 16.4. The monoisotopic (exact) mass is 323 g/mol. The molecule has 0 radical (unpaired) electrons. The van der Waals surface area contributed by atoms with Crippen molar-refractivity contribution in [3.05, 3.63) is 30.1 Å². The van der Waals surface area contributed by atoms with Gasteiger partial charge >= 0.3 is 0 Å². The lowest BCUT2D eigenvalue weighted by Gasteiger charge is -2.57. The fourth-order valence-corrected chi connectivity index (χ4v) is 5.63. The fraction of sp³-hybridized carbons (Fsp3) is 0.632. The standard InChI is InChI=1S/C19H25N5/c20-13-24-18(22-11-14-1-3-21-4-2-14)23-12-19-8-15-5-16(9-19)7-17(6-15)10-19/h1-4,15-17H,5-12H2,(H2,22,23,24). The van der Waals surface area contributed by atoms with E-state index in [1.165, 1.54) is 38.5 Å². The maximum Gasteiger partial charge on any atom is 0.205 e. The second kappa shape index (κ2) is 6.43. The Morgan fingerprint density at radius 1 is 1.17 bits per heavy atom. The van der Waals surface area contributed by atoms with Gasteiger partial charge in [0, 0.05) is 18.9 Å². The number of nitrogens with one attached hydrogen (secondary N) is 2. The Hall–Kier alpha value is -2.09. The zero-order valence-corrected chi connectivity index (χ0v) is 14.0. The summed E-state index contributed by atoms with van der Waals surface area (Å²) in [5.74, 6) is 3.43. The second-order valence-electron chi connectivity index (χ2n) is 8.03. The van der Waals surface area contributed by atoms with Crippen LogP contribution in [0.5, 0.6) is 0 Å². The summed E-state index contributed by atoms with van der Waals surface area (Å²) in [5.41, 5.74) is 1.53. The fourth-order valence-electron chi connectivity index (χ4n) is 5.63. The molecular weight excluding hydrogens is 298 g/mol. The molecule has 0 aromatic carbocycles. The quantitative estimate of drug-likeness (QED) is 0.387. The number of hydrogen-bond acceptors (Lipinski definition) is 3. The van der Waals surface area contributed by atoms with Crippen LogP contribution in [0.1, 0.15) is 44.1 Å². The molecule has 0 saturated heterocycles. The molecule has 0 atom stereocenters. The van der Waals surface area contributed by atoms with E-state index >= 15 is 0 Å². The summed E-state index contributed by atoms with van der Waals surface area (Å²) in [7, 11) is 0. The molecule has 0 aliphatic heterocycles. The molecule has 0 unspecified atom stereocenters. The van der Waals surface area contributed by atoms with E-state index in [1.54, 1.807) is 12.4 Å². The van der Waals surface area contributed by atoms with E-state index in [1.807, 2.05) is 18.3 Å². The highest BCUT2D eigenvalue weighted by Gasteiger charge is 2.50. The molecular formula is C19H25N5. The van der Waals surface area contributed by atoms with Crippen molar-refractivity contribution in [1.29, 1.82) is 5.26 Å². The van der Waals surface area contributed by atoms with Gasteiger partial charge in [-0.3, -0.25) is 10.3 Å². The van der Waals surface area contributed by atoms with Crippen molar-refractivity contribution in [3.8, 4) is 6.19 Å². The molecule has 4 fully saturated rings. The summed E-state index contributed by atoms with van der Waals surface area (Å²) in [6, 6.07) is 3.90. The number of guanidine groups is 1. The first kappa shape index (κ1) is 15.4. The molecule has 4 saturated carbocycles. The molecule has 24 heavy (non-hydrogen) atoms. The molecule has 4 aliphatic carbocycles. The molecule has 4 bridgehead atoms. The van der Waals surface area contributed by atoms with Crippen LogP contribution < -0.4 is 10.6 Å². The third-order valence-corrected chi connectivity index (χ3v) is 6.14. The summed E-state index contributed by atoms with van der Waals surface area (Å²) >= 11 is 0. The average molecular weight is 323 g/mol. The number of nitrogens with zero attached hydrogens (tertiary/aromatic N) is 3. The van der Waals surface area contributed by atoms with Crippen molar-refractivity contribution in [1.82, 2.24) is 15.6 Å². The molecule has 5 rings (SSSR count). The largest absolute Gasteiger partial charge is 0.355 e. The van der Waals surface area contributed by atoms with Crippen molar-refractivity contribution in [2.75, 3.05) is 6.54 Å². The molecule has 1 aromatic rings. The number of aromatic nitrogens is 1. The molecule has 1 heterocycles. The Bertz CT molecular complexity index is 610. The predicted molar refractivity (Wildman–Crippen MR) is 92.7 cm³/mol. The minimum absolute atomic E-state index is 0.434. The van der Waals surface area contributed by atoms with Gasteiger partial charge in [0.15, 0.2) is 6.19 Å². The second-order valence-corrected chi connectivity index (χ2v) is 8.03. The first-order chi connectivity index (χ1) is 11.7. The molecule has 4 aliphatic rings. The first-order valence-electron chi connectivity index (χ1n) is 9.07. The highest BCUT2D eigenvalue weighted by atomic mass is 15.2. The maximum atomic E-state index is 9.00. The molecule has 5 nitrogen and oxygen atoms in total. The van der Waals surface area contributed by atoms with Crippen molar-refractivity contribution in [2.24, 2.45) is 28.2 Å². The van der Waals surface area contributed by atoms with Gasteiger partial charge in [-0.15, -0.1) is 0 Å². The molecule has 0 spiro atoms. The van der Waals surface area contributed by atoms with Crippen molar-refractivity contribution < 1.29 is 0 Å². The van der Waals surface area contributed by atoms with E-state index in [4.69, 9.17) is 5.26 Å². The van der Waals surface area contributed by atoms with Crippen LogP contribution in [0.3, 0.4) is 0 Å². The lowest BCUT2D eigenvalue weighted by atomic mass is 9.49. The van der Waals surface area contributed by atoms with Crippen LogP contribution in [-0.4, -0.2) is 17.5 Å². The van der Waals surface area contributed by atoms with Gasteiger partial charge in [0.1, 0.15) is 0 Å². The summed E-state index contributed by atoms with van der Waals surface area (Å²) < 4.78 is 0. The predicted octanol–water partition coefficient (Wildman–Crippen LogP) is 2.81. The topological polar surface area (TPSA) is 73.1 Å². The third-order valence-electron chi connectivity index (χ3n) is 6.14. The van der Waals surface area contributed by atoms with Crippen LogP contribution in [0, 0.1) is 34.6 Å². The Kier molecular flexibility index (Phi) is 4.13. The summed E-state index contributed by atoms with van der Waals surface area (Å²) in [5, 5.41) is 15.2. The minimum Gasteiger partial charge on any atom is -0.355 e. The molecule has 0 amide bonds. The highest BCUT2D eigenvalue weighted by molar-refractivity contribution is 5.81. The van der Waals surface area contributed by atoms with Gasteiger partial charge in [-0.1, -0.05) is 0 Å².